The van der Waals surface area contributed by atoms with E-state index in [1.807, 2.05) is 12.1 Å². The second-order valence-electron chi connectivity index (χ2n) is 9.31. The molecule has 0 unspecified atom stereocenters. The first-order valence-corrected chi connectivity index (χ1v) is 12.8. The zero-order valence-electron chi connectivity index (χ0n) is 18.8. The van der Waals surface area contributed by atoms with Crippen LogP contribution >= 0.6 is 0 Å². The van der Waals surface area contributed by atoms with E-state index in [1.165, 1.54) is 4.31 Å². The van der Waals surface area contributed by atoms with Gasteiger partial charge < -0.3 is 10.2 Å². The van der Waals surface area contributed by atoms with Crippen molar-refractivity contribution in [2.45, 2.75) is 76.3 Å². The smallest absolute Gasteiger partial charge is 0.243 e. The predicted octanol–water partition coefficient (Wildman–Crippen LogP) is 3.20. The lowest BCUT2D eigenvalue weighted by molar-refractivity contribution is -0.127. The van der Waals surface area contributed by atoms with Crippen LogP contribution in [-0.4, -0.2) is 61.8 Å². The highest BCUT2D eigenvalue weighted by molar-refractivity contribution is 7.89. The molecule has 2 aliphatic rings. The summed E-state index contributed by atoms with van der Waals surface area (Å²) in [5.74, 6) is 0.368. The second kappa shape index (κ2) is 9.79. The summed E-state index contributed by atoms with van der Waals surface area (Å²) < 4.78 is 27.5. The van der Waals surface area contributed by atoms with Crippen molar-refractivity contribution < 1.29 is 13.2 Å². The van der Waals surface area contributed by atoms with Gasteiger partial charge in [-0.3, -0.25) is 4.79 Å². The Morgan fingerprint density at radius 1 is 0.933 bits per heavy atom. The molecule has 2 saturated heterocycles. The fourth-order valence-corrected chi connectivity index (χ4v) is 5.88. The van der Waals surface area contributed by atoms with Crippen molar-refractivity contribution in [1.29, 1.82) is 0 Å². The zero-order chi connectivity index (χ0) is 21.9. The molecule has 168 valence electrons. The standard InChI is InChI=1S/C23H37N3O3S/c1-17(2)19-5-7-22(8-6-19)30(28,29)26-15-9-20(10-16-26)23(27)24-21-11-13-25(14-12-21)18(3)4/h5-8,17-18,20-21H,9-16H2,1-4H3,(H,24,27). The fourth-order valence-electron chi connectivity index (χ4n) is 4.41. The van der Waals surface area contributed by atoms with Crippen LogP contribution in [-0.2, 0) is 14.8 Å². The van der Waals surface area contributed by atoms with Crippen molar-refractivity contribution >= 4 is 15.9 Å². The van der Waals surface area contributed by atoms with Crippen LogP contribution in [0.1, 0.15) is 64.9 Å². The molecule has 6 nitrogen and oxygen atoms in total. The van der Waals surface area contributed by atoms with E-state index in [4.69, 9.17) is 0 Å². The molecule has 0 aromatic heterocycles. The van der Waals surface area contributed by atoms with Gasteiger partial charge in [-0.1, -0.05) is 26.0 Å². The third-order valence-corrected chi connectivity index (χ3v) is 8.53. The quantitative estimate of drug-likeness (QED) is 0.745. The van der Waals surface area contributed by atoms with Gasteiger partial charge in [0.05, 0.1) is 4.90 Å². The van der Waals surface area contributed by atoms with E-state index in [9.17, 15) is 13.2 Å². The molecule has 0 aliphatic carbocycles. The fraction of sp³-hybridized carbons (Fsp3) is 0.696. The number of likely N-dealkylation sites (tertiary alicyclic amines) is 1. The van der Waals surface area contributed by atoms with E-state index < -0.39 is 10.0 Å². The van der Waals surface area contributed by atoms with E-state index in [-0.39, 0.29) is 17.9 Å². The van der Waals surface area contributed by atoms with Gasteiger partial charge in [0.25, 0.3) is 0 Å². The van der Waals surface area contributed by atoms with Crippen LogP contribution in [0.15, 0.2) is 29.2 Å². The van der Waals surface area contributed by atoms with E-state index in [0.717, 1.165) is 31.5 Å². The summed E-state index contributed by atoms with van der Waals surface area (Å²) in [6.07, 6.45) is 3.15. The number of rotatable bonds is 6. The Hall–Kier alpha value is -1.44. The molecule has 0 spiro atoms. The van der Waals surface area contributed by atoms with Crippen LogP contribution in [0.4, 0.5) is 0 Å². The lowest BCUT2D eigenvalue weighted by Gasteiger charge is -2.36. The summed E-state index contributed by atoms with van der Waals surface area (Å²) in [5, 5.41) is 3.22. The van der Waals surface area contributed by atoms with E-state index in [0.29, 0.717) is 42.8 Å². The maximum atomic E-state index is 13.0. The predicted molar refractivity (Wildman–Crippen MR) is 120 cm³/mol. The van der Waals surface area contributed by atoms with E-state index in [1.54, 1.807) is 12.1 Å². The van der Waals surface area contributed by atoms with E-state index >= 15 is 0 Å². The number of amides is 1. The summed E-state index contributed by atoms with van der Waals surface area (Å²) in [5.41, 5.74) is 1.13. The minimum Gasteiger partial charge on any atom is -0.353 e. The van der Waals surface area contributed by atoms with Gasteiger partial charge in [-0.05, 0) is 63.1 Å². The molecule has 1 aromatic rings. The van der Waals surface area contributed by atoms with Crippen LogP contribution in [0.25, 0.3) is 0 Å². The van der Waals surface area contributed by atoms with E-state index in [2.05, 4.69) is 37.9 Å². The maximum Gasteiger partial charge on any atom is 0.243 e. The minimum absolute atomic E-state index is 0.0938. The summed E-state index contributed by atoms with van der Waals surface area (Å²) in [4.78, 5) is 15.5. The topological polar surface area (TPSA) is 69.7 Å². The Morgan fingerprint density at radius 2 is 1.50 bits per heavy atom. The third kappa shape index (κ3) is 5.42. The molecule has 2 heterocycles. The van der Waals surface area contributed by atoms with Crippen molar-refractivity contribution in [3.05, 3.63) is 29.8 Å². The lowest BCUT2D eigenvalue weighted by Crippen LogP contribution is -2.49. The van der Waals surface area contributed by atoms with Gasteiger partial charge in [0, 0.05) is 44.2 Å². The minimum atomic E-state index is -3.50. The Morgan fingerprint density at radius 3 is 2.00 bits per heavy atom. The SMILES string of the molecule is CC(C)c1ccc(S(=O)(=O)N2CCC(C(=O)NC3CCN(C(C)C)CC3)CC2)cc1. The molecule has 2 fully saturated rings. The summed E-state index contributed by atoms with van der Waals surface area (Å²) >= 11 is 0. The Bertz CT molecular complexity index is 805. The molecular weight excluding hydrogens is 398 g/mol. The molecule has 0 radical (unpaired) electrons. The molecule has 0 atom stereocenters. The number of hydrogen-bond donors (Lipinski definition) is 1. The van der Waals surface area contributed by atoms with Crippen LogP contribution in [0, 0.1) is 5.92 Å². The molecule has 30 heavy (non-hydrogen) atoms. The second-order valence-corrected chi connectivity index (χ2v) is 11.3. The van der Waals surface area contributed by atoms with Gasteiger partial charge >= 0.3 is 0 Å². The number of nitrogens with one attached hydrogen (secondary N) is 1. The highest BCUT2D eigenvalue weighted by atomic mass is 32.2. The zero-order valence-corrected chi connectivity index (χ0v) is 19.6. The number of hydrogen-bond acceptors (Lipinski definition) is 4. The number of nitrogens with zero attached hydrogens (tertiary/aromatic N) is 2. The molecule has 1 amide bonds. The van der Waals surface area contributed by atoms with Crippen molar-refractivity contribution in [1.82, 2.24) is 14.5 Å². The average Bonchev–Trinajstić information content (AvgIpc) is 2.74. The van der Waals surface area contributed by atoms with Crippen LogP contribution in [0.5, 0.6) is 0 Å². The highest BCUT2D eigenvalue weighted by Crippen LogP contribution is 2.26. The largest absolute Gasteiger partial charge is 0.353 e. The molecule has 1 aromatic carbocycles. The van der Waals surface area contributed by atoms with Gasteiger partial charge in [0.15, 0.2) is 0 Å². The summed E-state index contributed by atoms with van der Waals surface area (Å²) in [6.45, 7) is 11.4. The van der Waals surface area contributed by atoms with Crippen molar-refractivity contribution in [3.8, 4) is 0 Å². The number of piperidine rings is 2. The van der Waals surface area contributed by atoms with Gasteiger partial charge in [0.1, 0.15) is 0 Å². The van der Waals surface area contributed by atoms with Crippen LogP contribution in [0.2, 0.25) is 0 Å². The first-order valence-electron chi connectivity index (χ1n) is 11.3. The van der Waals surface area contributed by atoms with Crippen molar-refractivity contribution in [2.24, 2.45) is 5.92 Å². The Kier molecular flexibility index (Phi) is 7.58. The van der Waals surface area contributed by atoms with Crippen LogP contribution in [0.3, 0.4) is 0 Å². The number of carbonyl (C=O) groups excluding carboxylic acids is 1. The number of sulfonamides is 1. The Balaban J connectivity index is 1.51. The third-order valence-electron chi connectivity index (χ3n) is 6.62. The van der Waals surface area contributed by atoms with Gasteiger partial charge in [0.2, 0.25) is 15.9 Å². The monoisotopic (exact) mass is 435 g/mol. The summed E-state index contributed by atoms with van der Waals surface area (Å²) in [6, 6.07) is 7.98. The van der Waals surface area contributed by atoms with Gasteiger partial charge in [-0.25, -0.2) is 8.42 Å². The van der Waals surface area contributed by atoms with Crippen molar-refractivity contribution in [3.63, 3.8) is 0 Å². The highest BCUT2D eigenvalue weighted by Gasteiger charge is 2.33. The van der Waals surface area contributed by atoms with Gasteiger partial charge in [-0.2, -0.15) is 4.31 Å². The molecular formula is C23H37N3O3S. The van der Waals surface area contributed by atoms with Crippen molar-refractivity contribution in [2.75, 3.05) is 26.2 Å². The molecule has 3 rings (SSSR count). The van der Waals surface area contributed by atoms with Gasteiger partial charge in [-0.15, -0.1) is 0 Å². The number of benzene rings is 1. The van der Waals surface area contributed by atoms with Crippen LogP contribution < -0.4 is 5.32 Å². The molecule has 1 N–H and O–H groups in total. The molecule has 2 aliphatic heterocycles. The molecule has 0 saturated carbocycles. The number of carbonyl (C=O) groups is 1. The molecule has 7 heteroatoms. The first kappa shape index (κ1) is 23.2. The summed E-state index contributed by atoms with van der Waals surface area (Å²) in [7, 11) is -3.50. The Labute approximate surface area is 182 Å². The normalized spacial score (nSPS) is 20.7. The lowest BCUT2D eigenvalue weighted by atomic mass is 9.95. The average molecular weight is 436 g/mol. The maximum absolute atomic E-state index is 13.0. The molecule has 0 bridgehead atoms. The first-order chi connectivity index (χ1) is 14.2.